The molecule has 2 bridgehead atoms. The zero-order chi connectivity index (χ0) is 18.3. The molecular formula is C19H23N3O4. The Morgan fingerprint density at radius 1 is 1.04 bits per heavy atom. The maximum atomic E-state index is 12.9. The molecule has 7 nitrogen and oxygen atoms in total. The molecule has 3 aliphatic heterocycles. The van der Waals surface area contributed by atoms with Crippen LogP contribution < -0.4 is 10.1 Å². The van der Waals surface area contributed by atoms with Gasteiger partial charge in [-0.2, -0.15) is 0 Å². The van der Waals surface area contributed by atoms with E-state index < -0.39 is 0 Å². The summed E-state index contributed by atoms with van der Waals surface area (Å²) in [5.74, 6) is 0.494. The Labute approximate surface area is 152 Å². The number of rotatable bonds is 3. The number of urea groups is 1. The van der Waals surface area contributed by atoms with E-state index in [4.69, 9.17) is 4.74 Å². The van der Waals surface area contributed by atoms with Gasteiger partial charge in [-0.15, -0.1) is 0 Å². The number of hydrogen-bond acceptors (Lipinski definition) is 4. The number of amides is 4. The molecule has 3 aliphatic rings. The van der Waals surface area contributed by atoms with E-state index in [1.165, 1.54) is 4.90 Å². The minimum Gasteiger partial charge on any atom is -0.495 e. The quantitative estimate of drug-likeness (QED) is 0.843. The van der Waals surface area contributed by atoms with Crippen LogP contribution in [0.25, 0.3) is 0 Å². The lowest BCUT2D eigenvalue weighted by Crippen LogP contribution is -2.54. The van der Waals surface area contributed by atoms with Crippen LogP contribution >= 0.6 is 0 Å². The van der Waals surface area contributed by atoms with Crippen LogP contribution in [0.2, 0.25) is 0 Å². The van der Waals surface area contributed by atoms with Gasteiger partial charge in [0.15, 0.2) is 0 Å². The molecule has 3 heterocycles. The molecule has 0 radical (unpaired) electrons. The Kier molecular flexibility index (Phi) is 4.30. The van der Waals surface area contributed by atoms with Gasteiger partial charge in [0.1, 0.15) is 5.75 Å². The highest BCUT2D eigenvalue weighted by Crippen LogP contribution is 2.39. The van der Waals surface area contributed by atoms with Gasteiger partial charge in [0, 0.05) is 31.0 Å². The first-order valence-corrected chi connectivity index (χ1v) is 9.15. The van der Waals surface area contributed by atoms with Crippen molar-refractivity contribution in [2.75, 3.05) is 12.4 Å². The summed E-state index contributed by atoms with van der Waals surface area (Å²) >= 11 is 0. The van der Waals surface area contributed by atoms with Gasteiger partial charge in [0.2, 0.25) is 11.8 Å². The standard InChI is InChI=1S/C19H23N3O4/c1-26-16-5-3-2-4-15(16)20-19(25)21-12-6-7-13(21)11-14(10-12)22-17(23)8-9-18(22)24/h2-5,12-14H,6-11H2,1H3,(H,20,25). The fraction of sp³-hybridized carbons (Fsp3) is 0.526. The summed E-state index contributed by atoms with van der Waals surface area (Å²) in [7, 11) is 1.57. The number of nitrogens with one attached hydrogen (secondary N) is 1. The Morgan fingerprint density at radius 3 is 2.27 bits per heavy atom. The van der Waals surface area contributed by atoms with E-state index in [1.54, 1.807) is 13.2 Å². The zero-order valence-electron chi connectivity index (χ0n) is 14.8. The number of para-hydroxylation sites is 2. The van der Waals surface area contributed by atoms with Gasteiger partial charge in [-0.1, -0.05) is 12.1 Å². The van der Waals surface area contributed by atoms with Crippen molar-refractivity contribution in [3.63, 3.8) is 0 Å². The minimum atomic E-state index is -0.139. The number of carbonyl (C=O) groups excluding carboxylic acids is 3. The van der Waals surface area contributed by atoms with Crippen molar-refractivity contribution in [1.29, 1.82) is 0 Å². The monoisotopic (exact) mass is 357 g/mol. The predicted molar refractivity (Wildman–Crippen MR) is 94.8 cm³/mol. The number of benzene rings is 1. The van der Waals surface area contributed by atoms with Gasteiger partial charge < -0.3 is 15.0 Å². The molecule has 3 saturated heterocycles. The van der Waals surface area contributed by atoms with Crippen molar-refractivity contribution >= 4 is 23.5 Å². The summed E-state index contributed by atoms with van der Waals surface area (Å²) in [6, 6.07) is 7.25. The van der Waals surface area contributed by atoms with E-state index in [9.17, 15) is 14.4 Å². The van der Waals surface area contributed by atoms with Crippen molar-refractivity contribution < 1.29 is 19.1 Å². The van der Waals surface area contributed by atoms with E-state index in [-0.39, 0.29) is 36.0 Å². The van der Waals surface area contributed by atoms with Gasteiger partial charge in [-0.25, -0.2) is 4.79 Å². The molecule has 0 aliphatic carbocycles. The minimum absolute atomic E-state index is 0.0636. The molecule has 0 saturated carbocycles. The predicted octanol–water partition coefficient (Wildman–Crippen LogP) is 2.37. The lowest BCUT2D eigenvalue weighted by molar-refractivity contribution is -0.142. The average molecular weight is 357 g/mol. The van der Waals surface area contributed by atoms with E-state index >= 15 is 0 Å². The molecule has 0 spiro atoms. The number of nitrogens with zero attached hydrogens (tertiary/aromatic N) is 2. The third-order valence-corrected chi connectivity index (χ3v) is 5.75. The molecule has 138 valence electrons. The number of piperidine rings is 1. The molecule has 0 aromatic heterocycles. The Balaban J connectivity index is 1.47. The van der Waals surface area contributed by atoms with Gasteiger partial charge in [-0.05, 0) is 37.8 Å². The van der Waals surface area contributed by atoms with Crippen molar-refractivity contribution in [2.24, 2.45) is 0 Å². The number of fused-ring (bicyclic) bond motifs is 2. The fourth-order valence-corrected chi connectivity index (χ4v) is 4.62. The highest BCUT2D eigenvalue weighted by Gasteiger charge is 2.47. The second-order valence-corrected chi connectivity index (χ2v) is 7.21. The molecule has 1 aromatic rings. The summed E-state index contributed by atoms with van der Waals surface area (Å²) in [5, 5.41) is 2.95. The van der Waals surface area contributed by atoms with E-state index in [2.05, 4.69) is 5.32 Å². The van der Waals surface area contributed by atoms with Crippen LogP contribution in [0.3, 0.4) is 0 Å². The largest absolute Gasteiger partial charge is 0.495 e. The number of anilines is 1. The Morgan fingerprint density at radius 2 is 1.65 bits per heavy atom. The maximum absolute atomic E-state index is 12.9. The van der Waals surface area contributed by atoms with Crippen LogP contribution in [-0.2, 0) is 9.59 Å². The van der Waals surface area contributed by atoms with Gasteiger partial charge >= 0.3 is 6.03 Å². The summed E-state index contributed by atoms with van der Waals surface area (Å²) in [5.41, 5.74) is 0.645. The number of likely N-dealkylation sites (tertiary alicyclic amines) is 1. The highest BCUT2D eigenvalue weighted by molar-refractivity contribution is 6.02. The molecule has 26 heavy (non-hydrogen) atoms. The third kappa shape index (κ3) is 2.81. The molecular weight excluding hydrogens is 334 g/mol. The first kappa shape index (κ1) is 16.9. The van der Waals surface area contributed by atoms with Gasteiger partial charge in [0.25, 0.3) is 0 Å². The van der Waals surface area contributed by atoms with E-state index in [1.807, 2.05) is 23.1 Å². The van der Waals surface area contributed by atoms with Crippen molar-refractivity contribution in [2.45, 2.75) is 56.7 Å². The SMILES string of the molecule is COc1ccccc1NC(=O)N1C2CCC1CC(N1C(=O)CCC1=O)C2. The van der Waals surface area contributed by atoms with Crippen molar-refractivity contribution in [3.05, 3.63) is 24.3 Å². The molecule has 4 rings (SSSR count). The van der Waals surface area contributed by atoms with Crippen molar-refractivity contribution in [3.8, 4) is 5.75 Å². The van der Waals surface area contributed by atoms with Crippen molar-refractivity contribution in [1.82, 2.24) is 9.80 Å². The molecule has 1 N–H and O–H groups in total. The first-order chi connectivity index (χ1) is 12.6. The topological polar surface area (TPSA) is 79.0 Å². The van der Waals surface area contributed by atoms with Crippen LogP contribution in [0.15, 0.2) is 24.3 Å². The maximum Gasteiger partial charge on any atom is 0.322 e. The van der Waals surface area contributed by atoms with Crippen LogP contribution in [0, 0.1) is 0 Å². The summed E-state index contributed by atoms with van der Waals surface area (Å²) in [6.07, 6.45) is 3.82. The molecule has 1 aromatic carbocycles. The van der Waals surface area contributed by atoms with E-state index in [0.29, 0.717) is 37.1 Å². The lowest BCUT2D eigenvalue weighted by atomic mass is 9.96. The molecule has 2 unspecified atom stereocenters. The molecule has 3 fully saturated rings. The third-order valence-electron chi connectivity index (χ3n) is 5.75. The second-order valence-electron chi connectivity index (χ2n) is 7.21. The molecule has 2 atom stereocenters. The number of carbonyl (C=O) groups is 3. The number of methoxy groups -OCH3 is 1. The fourth-order valence-electron chi connectivity index (χ4n) is 4.62. The summed E-state index contributed by atoms with van der Waals surface area (Å²) < 4.78 is 5.30. The number of hydrogen-bond donors (Lipinski definition) is 1. The van der Waals surface area contributed by atoms with Crippen LogP contribution in [0.5, 0.6) is 5.75 Å². The molecule has 7 heteroatoms. The smallest absolute Gasteiger partial charge is 0.322 e. The summed E-state index contributed by atoms with van der Waals surface area (Å²) in [6.45, 7) is 0. The zero-order valence-corrected chi connectivity index (χ0v) is 14.8. The Hall–Kier alpha value is -2.57. The Bertz CT molecular complexity index is 720. The highest BCUT2D eigenvalue weighted by atomic mass is 16.5. The average Bonchev–Trinajstić information content (AvgIpc) is 3.11. The molecule has 4 amide bonds. The second kappa shape index (κ2) is 6.63. The first-order valence-electron chi connectivity index (χ1n) is 9.15. The summed E-state index contributed by atoms with van der Waals surface area (Å²) in [4.78, 5) is 40.3. The van der Waals surface area contributed by atoms with Crippen LogP contribution in [0.4, 0.5) is 10.5 Å². The number of imide groups is 1. The van der Waals surface area contributed by atoms with E-state index in [0.717, 1.165) is 12.8 Å². The van der Waals surface area contributed by atoms with Crippen LogP contribution in [-0.4, -0.2) is 52.9 Å². The lowest BCUT2D eigenvalue weighted by Gasteiger charge is -2.41. The van der Waals surface area contributed by atoms with Gasteiger partial charge in [0.05, 0.1) is 12.8 Å². The number of ether oxygens (including phenoxy) is 1. The normalized spacial score (nSPS) is 27.8. The van der Waals surface area contributed by atoms with Crippen LogP contribution in [0.1, 0.15) is 38.5 Å². The van der Waals surface area contributed by atoms with Gasteiger partial charge in [-0.3, -0.25) is 14.5 Å².